The van der Waals surface area contributed by atoms with E-state index in [-0.39, 0.29) is 5.91 Å². The van der Waals surface area contributed by atoms with E-state index in [0.717, 1.165) is 18.5 Å². The number of ether oxygens (including phenoxy) is 2. The van der Waals surface area contributed by atoms with E-state index >= 15 is 0 Å². The number of carbonyl (C=O) groups is 1. The zero-order valence-corrected chi connectivity index (χ0v) is 21.2. The van der Waals surface area contributed by atoms with Gasteiger partial charge < -0.3 is 14.8 Å². The summed E-state index contributed by atoms with van der Waals surface area (Å²) in [4.78, 5) is 14.9. The van der Waals surface area contributed by atoms with Crippen molar-refractivity contribution < 1.29 is 14.3 Å². The van der Waals surface area contributed by atoms with Crippen LogP contribution in [0.5, 0.6) is 11.5 Å². The monoisotopic (exact) mass is 452 g/mol. The van der Waals surface area contributed by atoms with E-state index < -0.39 is 0 Å². The molecule has 2 rings (SSSR count). The number of nitrogens with zero attached hydrogens (tertiary/aromatic N) is 1. The molecule has 0 aromatic heterocycles. The highest BCUT2D eigenvalue weighted by Gasteiger charge is 2.13. The molecule has 0 bridgehead atoms. The van der Waals surface area contributed by atoms with Gasteiger partial charge in [0.2, 0.25) is 5.91 Å². The van der Waals surface area contributed by atoms with Crippen molar-refractivity contribution in [3.8, 4) is 11.5 Å². The van der Waals surface area contributed by atoms with Gasteiger partial charge in [0, 0.05) is 36.5 Å². The van der Waals surface area contributed by atoms with Crippen molar-refractivity contribution in [1.82, 2.24) is 4.90 Å². The van der Waals surface area contributed by atoms with E-state index in [0.29, 0.717) is 41.8 Å². The lowest BCUT2D eigenvalue weighted by atomic mass is 10.0. The average Bonchev–Trinajstić information content (AvgIpc) is 2.77. The van der Waals surface area contributed by atoms with Crippen LogP contribution < -0.4 is 14.8 Å². The van der Waals surface area contributed by atoms with Gasteiger partial charge in [0.1, 0.15) is 0 Å². The van der Waals surface area contributed by atoms with Gasteiger partial charge in [-0.2, -0.15) is 0 Å². The second-order valence-corrected chi connectivity index (χ2v) is 9.14. The molecule has 2 aromatic rings. The van der Waals surface area contributed by atoms with E-state index in [2.05, 4.69) is 63.9 Å². The van der Waals surface area contributed by atoms with Gasteiger partial charge in [0.05, 0.1) is 13.7 Å². The van der Waals surface area contributed by atoms with Gasteiger partial charge >= 0.3 is 0 Å². The molecule has 0 atom stereocenters. The van der Waals surface area contributed by atoms with Crippen LogP contribution >= 0.6 is 0 Å². The van der Waals surface area contributed by atoms with Gasteiger partial charge in [-0.3, -0.25) is 9.69 Å². The highest BCUT2D eigenvalue weighted by Crippen LogP contribution is 2.30. The van der Waals surface area contributed by atoms with E-state index in [4.69, 9.17) is 9.47 Å². The van der Waals surface area contributed by atoms with Gasteiger partial charge in [-0.05, 0) is 69.4 Å². The van der Waals surface area contributed by atoms with Crippen LogP contribution in [0.4, 0.5) is 5.69 Å². The van der Waals surface area contributed by atoms with Crippen LogP contribution in [-0.4, -0.2) is 43.2 Å². The Kier molecular flexibility index (Phi) is 10.5. The molecule has 0 aliphatic carbocycles. The Bertz CT molecular complexity index is 894. The summed E-state index contributed by atoms with van der Waals surface area (Å²) in [5.41, 5.74) is 2.94. The molecule has 5 heteroatoms. The molecular formula is C28H40N2O3. The Morgan fingerprint density at radius 1 is 0.970 bits per heavy atom. The lowest BCUT2D eigenvalue weighted by Crippen LogP contribution is -2.38. The number of amides is 1. The SMILES string of the molecule is COc1ccc(NC(=O)/C=C/c2ccc(C(C)C)cc2)cc1OCCCN(C(C)C)C(C)C. The first-order valence-corrected chi connectivity index (χ1v) is 11.9. The highest BCUT2D eigenvalue weighted by atomic mass is 16.5. The van der Waals surface area contributed by atoms with E-state index in [1.807, 2.05) is 36.4 Å². The number of hydrogen-bond acceptors (Lipinski definition) is 4. The molecular weight excluding hydrogens is 412 g/mol. The summed E-state index contributed by atoms with van der Waals surface area (Å²) in [5, 5.41) is 2.90. The van der Waals surface area contributed by atoms with E-state index in [9.17, 15) is 4.79 Å². The number of nitrogens with one attached hydrogen (secondary N) is 1. The maximum absolute atomic E-state index is 12.4. The molecule has 0 saturated heterocycles. The van der Waals surface area contributed by atoms with Crippen molar-refractivity contribution in [1.29, 1.82) is 0 Å². The standard InChI is InChI=1S/C28H40N2O3/c1-20(2)24-12-9-23(10-13-24)11-16-28(31)29-25-14-15-26(32-7)27(19-25)33-18-8-17-30(21(3)4)22(5)6/h9-16,19-22H,8,17-18H2,1-7H3,(H,29,31)/b16-11+. The molecule has 0 spiro atoms. The quantitative estimate of drug-likeness (QED) is 0.301. The van der Waals surface area contributed by atoms with E-state index in [1.165, 1.54) is 5.56 Å². The van der Waals surface area contributed by atoms with Crippen molar-refractivity contribution in [2.45, 2.75) is 66.0 Å². The molecule has 2 aromatic carbocycles. The number of hydrogen-bond donors (Lipinski definition) is 1. The Morgan fingerprint density at radius 2 is 1.64 bits per heavy atom. The minimum absolute atomic E-state index is 0.191. The molecule has 1 amide bonds. The lowest BCUT2D eigenvalue weighted by Gasteiger charge is -2.30. The average molecular weight is 453 g/mol. The molecule has 0 aliphatic heterocycles. The molecule has 0 aliphatic rings. The highest BCUT2D eigenvalue weighted by molar-refractivity contribution is 6.02. The van der Waals surface area contributed by atoms with Crippen LogP contribution in [-0.2, 0) is 4.79 Å². The minimum atomic E-state index is -0.191. The predicted molar refractivity (Wildman–Crippen MR) is 138 cm³/mol. The Hall–Kier alpha value is -2.79. The molecule has 0 fully saturated rings. The molecule has 33 heavy (non-hydrogen) atoms. The number of anilines is 1. The largest absolute Gasteiger partial charge is 0.493 e. The van der Waals surface area contributed by atoms with Gasteiger partial charge in [0.15, 0.2) is 11.5 Å². The van der Waals surface area contributed by atoms with Gasteiger partial charge in [-0.25, -0.2) is 0 Å². The molecule has 0 saturated carbocycles. The normalized spacial score (nSPS) is 11.7. The zero-order valence-electron chi connectivity index (χ0n) is 21.2. The van der Waals surface area contributed by atoms with Crippen molar-refractivity contribution >= 4 is 17.7 Å². The third-order valence-corrected chi connectivity index (χ3v) is 5.61. The molecule has 0 radical (unpaired) electrons. The fourth-order valence-electron chi connectivity index (χ4n) is 3.76. The first-order chi connectivity index (χ1) is 15.7. The molecule has 5 nitrogen and oxygen atoms in total. The maximum Gasteiger partial charge on any atom is 0.248 e. The summed E-state index contributed by atoms with van der Waals surface area (Å²) in [6.45, 7) is 14.7. The van der Waals surface area contributed by atoms with E-state index in [1.54, 1.807) is 13.2 Å². The van der Waals surface area contributed by atoms with Crippen LogP contribution in [0.2, 0.25) is 0 Å². The maximum atomic E-state index is 12.4. The topological polar surface area (TPSA) is 50.8 Å². The van der Waals surface area contributed by atoms with Crippen LogP contribution in [0, 0.1) is 0 Å². The van der Waals surface area contributed by atoms with Crippen LogP contribution in [0.3, 0.4) is 0 Å². The smallest absolute Gasteiger partial charge is 0.248 e. The second kappa shape index (κ2) is 13.0. The number of rotatable bonds is 12. The van der Waals surface area contributed by atoms with Crippen molar-refractivity contribution in [2.75, 3.05) is 25.6 Å². The number of benzene rings is 2. The molecule has 0 heterocycles. The Morgan fingerprint density at radius 3 is 2.21 bits per heavy atom. The zero-order chi connectivity index (χ0) is 24.4. The lowest BCUT2D eigenvalue weighted by molar-refractivity contribution is -0.111. The van der Waals surface area contributed by atoms with Crippen molar-refractivity contribution in [2.24, 2.45) is 0 Å². The van der Waals surface area contributed by atoms with Crippen LogP contribution in [0.1, 0.15) is 65.0 Å². The summed E-state index contributed by atoms with van der Waals surface area (Å²) >= 11 is 0. The second-order valence-electron chi connectivity index (χ2n) is 9.14. The van der Waals surface area contributed by atoms with Gasteiger partial charge in [-0.1, -0.05) is 38.1 Å². The summed E-state index contributed by atoms with van der Waals surface area (Å²) < 4.78 is 11.4. The third-order valence-electron chi connectivity index (χ3n) is 5.61. The Balaban J connectivity index is 1.95. The predicted octanol–water partition coefficient (Wildman–Crippen LogP) is 6.36. The van der Waals surface area contributed by atoms with Gasteiger partial charge in [-0.15, -0.1) is 0 Å². The summed E-state index contributed by atoms with van der Waals surface area (Å²) in [6, 6.07) is 14.7. The summed E-state index contributed by atoms with van der Waals surface area (Å²) in [7, 11) is 1.62. The Labute approximate surface area is 199 Å². The minimum Gasteiger partial charge on any atom is -0.493 e. The van der Waals surface area contributed by atoms with Crippen molar-refractivity contribution in [3.63, 3.8) is 0 Å². The number of methoxy groups -OCH3 is 1. The van der Waals surface area contributed by atoms with Crippen molar-refractivity contribution in [3.05, 3.63) is 59.7 Å². The fraction of sp³-hybridized carbons (Fsp3) is 0.464. The third kappa shape index (κ3) is 8.58. The summed E-state index contributed by atoms with van der Waals surface area (Å²) in [6.07, 6.45) is 4.27. The van der Waals surface area contributed by atoms with Crippen LogP contribution in [0.25, 0.3) is 6.08 Å². The molecule has 1 N–H and O–H groups in total. The first kappa shape index (κ1) is 26.5. The molecule has 0 unspecified atom stereocenters. The summed E-state index contributed by atoms with van der Waals surface area (Å²) in [5.74, 6) is 1.58. The first-order valence-electron chi connectivity index (χ1n) is 11.9. The fourth-order valence-corrected chi connectivity index (χ4v) is 3.76. The molecule has 180 valence electrons. The van der Waals surface area contributed by atoms with Gasteiger partial charge in [0.25, 0.3) is 0 Å². The number of carbonyl (C=O) groups excluding carboxylic acids is 1. The van der Waals surface area contributed by atoms with Crippen LogP contribution in [0.15, 0.2) is 48.5 Å².